The van der Waals surface area contributed by atoms with Crippen LogP contribution in [0.5, 0.6) is 0 Å². The van der Waals surface area contributed by atoms with Crippen LogP contribution in [0.3, 0.4) is 0 Å². The molecule has 0 fully saturated rings. The van der Waals surface area contributed by atoms with Crippen molar-refractivity contribution in [2.75, 3.05) is 13.2 Å². The van der Waals surface area contributed by atoms with Crippen molar-refractivity contribution in [3.8, 4) is 5.69 Å². The summed E-state index contributed by atoms with van der Waals surface area (Å²) in [7, 11) is 0. The van der Waals surface area contributed by atoms with Gasteiger partial charge in [-0.05, 0) is 76.3 Å². The minimum atomic E-state index is -0.545. The first-order chi connectivity index (χ1) is 14.0. The Hall–Kier alpha value is -2.89. The Kier molecular flexibility index (Phi) is 6.86. The molecule has 1 aromatic heterocycles. The number of benzene rings is 1. The Morgan fingerprint density at radius 2 is 1.93 bits per heavy atom. The van der Waals surface area contributed by atoms with Crippen molar-refractivity contribution in [3.63, 3.8) is 0 Å². The zero-order valence-corrected chi connectivity index (χ0v) is 17.0. The standard InChI is InChI=1S/C23H27FN2O3/c1-16-14-21(17(2)26(16)20-10-8-19(24)9-11-20)23(28)29-15-22(27)25-13-12-18-6-4-3-5-7-18/h6,8-11,14H,3-5,7,12-13,15H2,1-2H3,(H,25,27). The van der Waals surface area contributed by atoms with Gasteiger partial charge in [0.15, 0.2) is 6.61 Å². The molecule has 0 saturated heterocycles. The minimum absolute atomic E-state index is 0.304. The number of esters is 1. The SMILES string of the molecule is Cc1cc(C(=O)OCC(=O)NCCC2=CCCCC2)c(C)n1-c1ccc(F)cc1. The quantitative estimate of drug-likeness (QED) is 0.556. The second-order valence-electron chi connectivity index (χ2n) is 7.38. The fourth-order valence-corrected chi connectivity index (χ4v) is 3.71. The Balaban J connectivity index is 1.54. The first-order valence-corrected chi connectivity index (χ1v) is 10.0. The van der Waals surface area contributed by atoms with Gasteiger partial charge >= 0.3 is 5.97 Å². The van der Waals surface area contributed by atoms with Gasteiger partial charge in [-0.15, -0.1) is 0 Å². The summed E-state index contributed by atoms with van der Waals surface area (Å²) >= 11 is 0. The number of rotatable bonds is 7. The monoisotopic (exact) mass is 398 g/mol. The molecular formula is C23H27FN2O3. The van der Waals surface area contributed by atoms with Crippen LogP contribution in [0.2, 0.25) is 0 Å². The highest BCUT2D eigenvalue weighted by Gasteiger charge is 2.19. The van der Waals surface area contributed by atoms with Crippen LogP contribution in [-0.4, -0.2) is 29.6 Å². The van der Waals surface area contributed by atoms with Crippen molar-refractivity contribution in [3.05, 3.63) is 64.7 Å². The first kappa shape index (κ1) is 20.8. The molecule has 0 bridgehead atoms. The second kappa shape index (κ2) is 9.54. The lowest BCUT2D eigenvalue weighted by atomic mass is 9.97. The van der Waals surface area contributed by atoms with Gasteiger partial charge in [0, 0.05) is 23.6 Å². The molecule has 1 heterocycles. The number of nitrogens with one attached hydrogen (secondary N) is 1. The molecule has 1 amide bonds. The lowest BCUT2D eigenvalue weighted by Gasteiger charge is -2.13. The fraction of sp³-hybridized carbons (Fsp3) is 0.391. The largest absolute Gasteiger partial charge is 0.452 e. The van der Waals surface area contributed by atoms with Gasteiger partial charge < -0.3 is 14.6 Å². The van der Waals surface area contributed by atoms with Gasteiger partial charge in [-0.1, -0.05) is 11.6 Å². The minimum Gasteiger partial charge on any atom is -0.452 e. The third-order valence-corrected chi connectivity index (χ3v) is 5.22. The Morgan fingerprint density at radius 3 is 2.62 bits per heavy atom. The zero-order chi connectivity index (χ0) is 20.8. The average molecular weight is 398 g/mol. The number of halogens is 1. The van der Waals surface area contributed by atoms with E-state index in [1.165, 1.54) is 30.5 Å². The number of hydrogen-bond acceptors (Lipinski definition) is 3. The molecule has 29 heavy (non-hydrogen) atoms. The van der Waals surface area contributed by atoms with Crippen LogP contribution in [0.1, 0.15) is 53.8 Å². The number of hydrogen-bond donors (Lipinski definition) is 1. The summed E-state index contributed by atoms with van der Waals surface area (Å²) in [5.41, 5.74) is 4.05. The maximum absolute atomic E-state index is 13.2. The summed E-state index contributed by atoms with van der Waals surface area (Å²) in [6, 6.07) is 7.77. The second-order valence-corrected chi connectivity index (χ2v) is 7.38. The number of carbonyl (C=O) groups excluding carboxylic acids is 2. The summed E-state index contributed by atoms with van der Waals surface area (Å²) in [6.07, 6.45) is 7.79. The maximum Gasteiger partial charge on any atom is 0.340 e. The summed E-state index contributed by atoms with van der Waals surface area (Å²) in [6.45, 7) is 3.91. The number of aromatic nitrogens is 1. The van der Waals surface area contributed by atoms with E-state index in [0.717, 1.165) is 30.6 Å². The molecule has 3 rings (SSSR count). The Morgan fingerprint density at radius 1 is 1.17 bits per heavy atom. The average Bonchev–Trinajstić information content (AvgIpc) is 3.02. The van der Waals surface area contributed by atoms with Crippen LogP contribution in [0.25, 0.3) is 5.69 Å². The van der Waals surface area contributed by atoms with Crippen LogP contribution in [0.15, 0.2) is 42.0 Å². The molecule has 0 atom stereocenters. The molecule has 0 aliphatic heterocycles. The molecule has 5 nitrogen and oxygen atoms in total. The van der Waals surface area contributed by atoms with Gasteiger partial charge in [-0.2, -0.15) is 0 Å². The summed E-state index contributed by atoms with van der Waals surface area (Å²) in [5.74, 6) is -1.17. The van der Waals surface area contributed by atoms with Crippen LogP contribution in [-0.2, 0) is 9.53 Å². The van der Waals surface area contributed by atoms with E-state index < -0.39 is 5.97 Å². The molecule has 0 spiro atoms. The number of carbonyl (C=O) groups is 2. The predicted molar refractivity (Wildman–Crippen MR) is 110 cm³/mol. The number of allylic oxidation sites excluding steroid dienone is 1. The highest BCUT2D eigenvalue weighted by Crippen LogP contribution is 2.22. The van der Waals surface area contributed by atoms with E-state index in [-0.39, 0.29) is 18.3 Å². The lowest BCUT2D eigenvalue weighted by Crippen LogP contribution is -2.30. The van der Waals surface area contributed by atoms with Gasteiger partial charge in [0.25, 0.3) is 5.91 Å². The smallest absolute Gasteiger partial charge is 0.340 e. The summed E-state index contributed by atoms with van der Waals surface area (Å²) < 4.78 is 20.2. The third kappa shape index (κ3) is 5.34. The molecule has 0 unspecified atom stereocenters. The van der Waals surface area contributed by atoms with Gasteiger partial charge in [-0.25, -0.2) is 9.18 Å². The molecule has 1 aliphatic rings. The molecule has 0 radical (unpaired) electrons. The van der Waals surface area contributed by atoms with Gasteiger partial charge in [0.1, 0.15) is 5.82 Å². The van der Waals surface area contributed by atoms with Crippen molar-refractivity contribution in [1.82, 2.24) is 9.88 Å². The molecule has 0 saturated carbocycles. The van der Waals surface area contributed by atoms with E-state index >= 15 is 0 Å². The molecule has 154 valence electrons. The van der Waals surface area contributed by atoms with E-state index in [1.807, 2.05) is 11.5 Å². The van der Waals surface area contributed by atoms with Gasteiger partial charge in [-0.3, -0.25) is 4.79 Å². The van der Waals surface area contributed by atoms with E-state index in [4.69, 9.17) is 4.74 Å². The van der Waals surface area contributed by atoms with Crippen LogP contribution in [0.4, 0.5) is 4.39 Å². The number of nitrogens with zero attached hydrogens (tertiary/aromatic N) is 1. The molecule has 1 aliphatic carbocycles. The molecule has 2 aromatic rings. The van der Waals surface area contributed by atoms with Crippen molar-refractivity contribution in [2.45, 2.75) is 46.0 Å². The highest BCUT2D eigenvalue weighted by atomic mass is 19.1. The number of ether oxygens (including phenoxy) is 1. The molecule has 6 heteroatoms. The summed E-state index contributed by atoms with van der Waals surface area (Å²) in [4.78, 5) is 24.4. The third-order valence-electron chi connectivity index (χ3n) is 5.22. The van der Waals surface area contributed by atoms with E-state index in [1.54, 1.807) is 25.1 Å². The first-order valence-electron chi connectivity index (χ1n) is 10.0. The van der Waals surface area contributed by atoms with Gasteiger partial charge in [0.2, 0.25) is 0 Å². The highest BCUT2D eigenvalue weighted by molar-refractivity contribution is 5.93. The Bertz CT molecular complexity index is 913. The molecule has 1 N–H and O–H groups in total. The van der Waals surface area contributed by atoms with E-state index in [9.17, 15) is 14.0 Å². The van der Waals surface area contributed by atoms with Crippen LogP contribution in [0, 0.1) is 19.7 Å². The normalized spacial score (nSPS) is 13.7. The van der Waals surface area contributed by atoms with Crippen molar-refractivity contribution < 1.29 is 18.7 Å². The van der Waals surface area contributed by atoms with Crippen LogP contribution < -0.4 is 5.32 Å². The number of amides is 1. The number of aryl methyl sites for hydroxylation is 1. The van der Waals surface area contributed by atoms with Crippen molar-refractivity contribution in [1.29, 1.82) is 0 Å². The lowest BCUT2D eigenvalue weighted by molar-refractivity contribution is -0.124. The molecule has 1 aromatic carbocycles. The van der Waals surface area contributed by atoms with E-state index in [2.05, 4.69) is 11.4 Å². The van der Waals surface area contributed by atoms with Crippen molar-refractivity contribution in [2.24, 2.45) is 0 Å². The topological polar surface area (TPSA) is 60.3 Å². The summed E-state index contributed by atoms with van der Waals surface area (Å²) in [5, 5.41) is 2.80. The molecular weight excluding hydrogens is 371 g/mol. The van der Waals surface area contributed by atoms with Gasteiger partial charge in [0.05, 0.1) is 5.56 Å². The fourth-order valence-electron chi connectivity index (χ4n) is 3.71. The van der Waals surface area contributed by atoms with Crippen molar-refractivity contribution >= 4 is 11.9 Å². The predicted octanol–water partition coefficient (Wildman–Crippen LogP) is 4.40. The van der Waals surface area contributed by atoms with Crippen LogP contribution >= 0.6 is 0 Å². The maximum atomic E-state index is 13.2. The Labute approximate surface area is 170 Å². The van der Waals surface area contributed by atoms with E-state index in [0.29, 0.717) is 17.8 Å². The zero-order valence-electron chi connectivity index (χ0n) is 17.0.